The molecule has 9 nitrogen and oxygen atoms in total. The van der Waals surface area contributed by atoms with Crippen LogP contribution >= 0.6 is 0 Å². The fraction of sp³-hybridized carbons (Fsp3) is 0.367. The Balaban J connectivity index is 0. The largest absolute Gasteiger partial charge is 0.505 e. The number of carbonyl (C=O) groups excluding carboxylic acids is 3. The van der Waals surface area contributed by atoms with Crippen LogP contribution in [0.2, 0.25) is 0 Å². The molecule has 0 saturated carbocycles. The summed E-state index contributed by atoms with van der Waals surface area (Å²) in [6, 6.07) is 14.7. The molecule has 0 spiro atoms. The van der Waals surface area contributed by atoms with E-state index in [2.05, 4.69) is 49.7 Å². The maximum atomic E-state index is 13.2. The highest BCUT2D eigenvalue weighted by Crippen LogP contribution is 2.28. The molecule has 0 atom stereocenters. The van der Waals surface area contributed by atoms with Crippen molar-refractivity contribution in [2.24, 2.45) is 5.92 Å². The number of aromatic hydroxyl groups is 1. The molecular weight excluding hydrogens is 494 g/mol. The van der Waals surface area contributed by atoms with Gasteiger partial charge in [0.2, 0.25) is 6.41 Å². The lowest BCUT2D eigenvalue weighted by molar-refractivity contribution is -0.130. The van der Waals surface area contributed by atoms with Gasteiger partial charge in [0.05, 0.1) is 12.2 Å². The fourth-order valence-corrected chi connectivity index (χ4v) is 2.66. The molecule has 2 rings (SSSR count). The highest BCUT2D eigenvalue weighted by atomic mass is 16.3. The van der Waals surface area contributed by atoms with Gasteiger partial charge in [0.25, 0.3) is 5.91 Å². The number of phenolic OH excluding ortho intramolecular Hbond substituents is 1. The molecule has 214 valence electrons. The summed E-state index contributed by atoms with van der Waals surface area (Å²) in [5, 5.41) is 17.5. The van der Waals surface area contributed by atoms with Crippen molar-refractivity contribution in [2.75, 3.05) is 33.0 Å². The Labute approximate surface area is 234 Å². The van der Waals surface area contributed by atoms with Crippen molar-refractivity contribution < 1.29 is 19.5 Å². The summed E-state index contributed by atoms with van der Waals surface area (Å²) in [6.07, 6.45) is 9.34. The first-order valence-corrected chi connectivity index (χ1v) is 12.5. The van der Waals surface area contributed by atoms with E-state index in [9.17, 15) is 19.5 Å². The van der Waals surface area contributed by atoms with Gasteiger partial charge < -0.3 is 20.6 Å². The lowest BCUT2D eigenvalue weighted by atomic mass is 10.1. The number of benzene rings is 2. The lowest BCUT2D eigenvalue weighted by Gasteiger charge is -2.25. The Hall–Kier alpha value is -4.29. The fourth-order valence-electron chi connectivity index (χ4n) is 2.66. The van der Waals surface area contributed by atoms with Crippen molar-refractivity contribution in [1.29, 1.82) is 0 Å². The second kappa shape index (κ2) is 21.8. The van der Waals surface area contributed by atoms with Crippen LogP contribution in [-0.2, 0) is 20.9 Å². The van der Waals surface area contributed by atoms with Gasteiger partial charge in [-0.05, 0) is 37.0 Å². The molecular formula is C30H45N5O4. The smallest absolute Gasteiger partial charge is 0.286 e. The first kappa shape index (κ1) is 36.9. The van der Waals surface area contributed by atoms with Crippen LogP contribution in [0.3, 0.4) is 0 Å². The minimum absolute atomic E-state index is 0.0219. The molecule has 0 bridgehead atoms. The maximum absolute atomic E-state index is 13.2. The van der Waals surface area contributed by atoms with E-state index in [1.807, 2.05) is 37.3 Å². The number of rotatable bonds is 10. The SMILES string of the molecule is C#C.CC(C)C.CCN/C(C=O)=C(\Nc1cccc(C)c1O)C(=O)N(Cc1ccccc1)NC.CN(C)C=O. The Morgan fingerprint density at radius 1 is 1.03 bits per heavy atom. The molecule has 0 fully saturated rings. The lowest BCUT2D eigenvalue weighted by Crippen LogP contribution is -2.43. The zero-order valence-electron chi connectivity index (χ0n) is 24.5. The van der Waals surface area contributed by atoms with Crippen LogP contribution in [0.5, 0.6) is 5.75 Å². The van der Waals surface area contributed by atoms with Gasteiger partial charge in [-0.3, -0.25) is 19.4 Å². The number of hydrogen-bond donors (Lipinski definition) is 4. The maximum Gasteiger partial charge on any atom is 0.286 e. The summed E-state index contributed by atoms with van der Waals surface area (Å²) in [7, 11) is 5.01. The molecule has 0 aliphatic heterocycles. The van der Waals surface area contributed by atoms with Gasteiger partial charge in [-0.2, -0.15) is 0 Å². The topological polar surface area (TPSA) is 114 Å². The molecule has 9 heteroatoms. The molecule has 2 aromatic carbocycles. The molecule has 0 saturated heterocycles. The van der Waals surface area contributed by atoms with Crippen molar-refractivity contribution in [3.05, 3.63) is 71.1 Å². The number of para-hydroxylation sites is 1. The van der Waals surface area contributed by atoms with E-state index in [-0.39, 0.29) is 17.1 Å². The second-order valence-electron chi connectivity index (χ2n) is 8.93. The molecule has 0 unspecified atom stereocenters. The predicted octanol–water partition coefficient (Wildman–Crippen LogP) is 3.91. The van der Waals surface area contributed by atoms with E-state index in [1.165, 1.54) is 9.91 Å². The minimum atomic E-state index is -0.435. The van der Waals surface area contributed by atoms with E-state index >= 15 is 0 Å². The van der Waals surface area contributed by atoms with Crippen LogP contribution in [0.1, 0.15) is 38.8 Å². The van der Waals surface area contributed by atoms with Crippen molar-refractivity contribution in [2.45, 2.75) is 41.2 Å². The highest BCUT2D eigenvalue weighted by Gasteiger charge is 2.23. The van der Waals surface area contributed by atoms with E-state index in [1.54, 1.807) is 46.3 Å². The van der Waals surface area contributed by atoms with E-state index in [0.717, 1.165) is 17.9 Å². The summed E-state index contributed by atoms with van der Waals surface area (Å²) in [4.78, 5) is 35.7. The number of likely N-dealkylation sites (N-methyl/N-ethyl adjacent to an activating group) is 1. The first-order valence-electron chi connectivity index (χ1n) is 12.5. The number of allylic oxidation sites excluding steroid dienone is 1. The predicted molar refractivity (Wildman–Crippen MR) is 159 cm³/mol. The van der Waals surface area contributed by atoms with Crippen molar-refractivity contribution >= 4 is 24.3 Å². The van der Waals surface area contributed by atoms with Gasteiger partial charge in [0.1, 0.15) is 17.1 Å². The number of hydrogen-bond acceptors (Lipinski definition) is 7. The van der Waals surface area contributed by atoms with Crippen LogP contribution in [-0.4, -0.2) is 61.3 Å². The number of anilines is 1. The van der Waals surface area contributed by atoms with E-state index in [4.69, 9.17) is 0 Å². The molecule has 0 aliphatic rings. The van der Waals surface area contributed by atoms with Gasteiger partial charge in [-0.25, -0.2) is 5.43 Å². The number of hydrazine groups is 1. The zero-order chi connectivity index (χ0) is 30.4. The van der Waals surface area contributed by atoms with Crippen LogP contribution in [0.25, 0.3) is 0 Å². The average molecular weight is 540 g/mol. The minimum Gasteiger partial charge on any atom is -0.505 e. The van der Waals surface area contributed by atoms with Crippen LogP contribution in [0.4, 0.5) is 5.69 Å². The van der Waals surface area contributed by atoms with Crippen LogP contribution in [0, 0.1) is 25.7 Å². The summed E-state index contributed by atoms with van der Waals surface area (Å²) < 4.78 is 0. The monoisotopic (exact) mass is 539 g/mol. The quantitative estimate of drug-likeness (QED) is 0.119. The van der Waals surface area contributed by atoms with E-state index in [0.29, 0.717) is 30.6 Å². The molecule has 2 aromatic rings. The number of nitrogens with one attached hydrogen (secondary N) is 3. The Bertz CT molecular complexity index is 1030. The molecule has 0 aromatic heterocycles. The standard InChI is InChI=1S/C21H26N4O3.C4H10.C3H7NO.C2H2/c1-4-23-18(14-26)19(24-17-12-8-9-15(2)20(17)27)21(28)25(22-3)13-16-10-6-5-7-11-16;1-4(2)3;1-4(2)3-5;1-2/h5-12,14,22-24,27H,4,13H2,1-3H3;4H,1-3H3;3H,1-2H3;1-2H/b19-18-;;;. The number of carbonyl (C=O) groups is 3. The normalized spacial score (nSPS) is 10.0. The third-order valence-electron chi connectivity index (χ3n) is 4.38. The Morgan fingerprint density at radius 2 is 1.56 bits per heavy atom. The average Bonchev–Trinajstić information content (AvgIpc) is 2.92. The third kappa shape index (κ3) is 15.5. The van der Waals surface area contributed by atoms with Gasteiger partial charge in [-0.15, -0.1) is 12.8 Å². The summed E-state index contributed by atoms with van der Waals surface area (Å²) in [5.41, 5.74) is 4.95. The summed E-state index contributed by atoms with van der Waals surface area (Å²) >= 11 is 0. The number of nitrogens with zero attached hydrogens (tertiary/aromatic N) is 2. The first-order chi connectivity index (χ1) is 18.5. The molecule has 2 amide bonds. The number of aryl methyl sites for hydroxylation is 1. The van der Waals surface area contributed by atoms with Crippen molar-refractivity contribution in [1.82, 2.24) is 20.7 Å². The van der Waals surface area contributed by atoms with Gasteiger partial charge in [-0.1, -0.05) is 63.2 Å². The molecule has 4 N–H and O–H groups in total. The number of amides is 2. The molecule has 0 heterocycles. The Kier molecular flexibility index (Phi) is 20.6. The van der Waals surface area contributed by atoms with Crippen LogP contribution in [0.15, 0.2) is 59.9 Å². The molecule has 0 aliphatic carbocycles. The van der Waals surface area contributed by atoms with Gasteiger partial charge in [0.15, 0.2) is 6.29 Å². The molecule has 39 heavy (non-hydrogen) atoms. The second-order valence-corrected chi connectivity index (χ2v) is 8.93. The molecule has 0 radical (unpaired) electrons. The van der Waals surface area contributed by atoms with E-state index < -0.39 is 5.91 Å². The number of aldehydes is 1. The zero-order valence-corrected chi connectivity index (χ0v) is 24.5. The third-order valence-corrected chi connectivity index (χ3v) is 4.38. The Morgan fingerprint density at radius 3 is 2.00 bits per heavy atom. The summed E-state index contributed by atoms with van der Waals surface area (Å²) in [6.45, 7) is 10.9. The number of terminal acetylenes is 1. The van der Waals surface area contributed by atoms with Crippen molar-refractivity contribution in [3.63, 3.8) is 0 Å². The summed E-state index contributed by atoms with van der Waals surface area (Å²) in [5.74, 6) is 0.420. The van der Waals surface area contributed by atoms with Gasteiger partial charge >= 0.3 is 0 Å². The van der Waals surface area contributed by atoms with Crippen LogP contribution < -0.4 is 16.1 Å². The number of phenols is 1. The van der Waals surface area contributed by atoms with Gasteiger partial charge in [0, 0.05) is 27.7 Å². The highest BCUT2D eigenvalue weighted by molar-refractivity contribution is 6.01. The van der Waals surface area contributed by atoms with Crippen molar-refractivity contribution in [3.8, 4) is 18.6 Å².